The SMILES string of the molecule is O=C(Cc1cc(Cl)ccc1Cl)c1cccc2nccnc12. The van der Waals surface area contributed by atoms with E-state index in [4.69, 9.17) is 23.2 Å². The quantitative estimate of drug-likeness (QED) is 0.674. The van der Waals surface area contributed by atoms with E-state index in [-0.39, 0.29) is 12.2 Å². The molecule has 0 aliphatic rings. The molecule has 5 heteroatoms. The van der Waals surface area contributed by atoms with Gasteiger partial charge in [0, 0.05) is 34.4 Å². The fraction of sp³-hybridized carbons (Fsp3) is 0.0625. The molecule has 3 rings (SSSR count). The van der Waals surface area contributed by atoms with Crippen LogP contribution in [-0.2, 0) is 6.42 Å². The normalized spacial score (nSPS) is 10.8. The van der Waals surface area contributed by atoms with Crippen LogP contribution in [-0.4, -0.2) is 15.8 Å². The van der Waals surface area contributed by atoms with Gasteiger partial charge in [-0.2, -0.15) is 0 Å². The first-order chi connectivity index (χ1) is 10.1. The minimum Gasteiger partial charge on any atom is -0.294 e. The maximum atomic E-state index is 12.5. The van der Waals surface area contributed by atoms with Gasteiger partial charge < -0.3 is 0 Å². The second kappa shape index (κ2) is 5.80. The number of carbonyl (C=O) groups excluding carboxylic acids is 1. The van der Waals surface area contributed by atoms with Crippen molar-refractivity contribution >= 4 is 40.0 Å². The van der Waals surface area contributed by atoms with E-state index in [1.54, 1.807) is 42.7 Å². The molecule has 21 heavy (non-hydrogen) atoms. The van der Waals surface area contributed by atoms with E-state index in [0.29, 0.717) is 32.2 Å². The lowest BCUT2D eigenvalue weighted by Gasteiger charge is -2.06. The van der Waals surface area contributed by atoms with Gasteiger partial charge in [-0.05, 0) is 35.9 Å². The van der Waals surface area contributed by atoms with Gasteiger partial charge in [0.2, 0.25) is 0 Å². The van der Waals surface area contributed by atoms with Crippen LogP contribution in [0, 0.1) is 0 Å². The molecule has 0 aliphatic carbocycles. The van der Waals surface area contributed by atoms with Crippen molar-refractivity contribution in [3.63, 3.8) is 0 Å². The van der Waals surface area contributed by atoms with Gasteiger partial charge in [0.15, 0.2) is 5.78 Å². The number of para-hydroxylation sites is 1. The van der Waals surface area contributed by atoms with Crippen molar-refractivity contribution in [2.24, 2.45) is 0 Å². The number of nitrogens with zero attached hydrogens (tertiary/aromatic N) is 2. The van der Waals surface area contributed by atoms with Crippen LogP contribution in [0.2, 0.25) is 10.0 Å². The van der Waals surface area contributed by atoms with Gasteiger partial charge in [0.1, 0.15) is 0 Å². The Hall–Kier alpha value is -1.97. The van der Waals surface area contributed by atoms with E-state index in [2.05, 4.69) is 9.97 Å². The summed E-state index contributed by atoms with van der Waals surface area (Å²) in [6.07, 6.45) is 3.35. The molecule has 0 aliphatic heterocycles. The molecule has 2 aromatic carbocycles. The highest BCUT2D eigenvalue weighted by Gasteiger charge is 2.14. The predicted octanol–water partition coefficient (Wildman–Crippen LogP) is 4.36. The summed E-state index contributed by atoms with van der Waals surface area (Å²) in [7, 11) is 0. The van der Waals surface area contributed by atoms with Gasteiger partial charge in [-0.3, -0.25) is 14.8 Å². The Balaban J connectivity index is 1.99. The lowest BCUT2D eigenvalue weighted by atomic mass is 10.0. The van der Waals surface area contributed by atoms with E-state index < -0.39 is 0 Å². The largest absolute Gasteiger partial charge is 0.294 e. The van der Waals surface area contributed by atoms with Crippen LogP contribution in [0.4, 0.5) is 0 Å². The topological polar surface area (TPSA) is 42.9 Å². The van der Waals surface area contributed by atoms with Crippen molar-refractivity contribution in [2.75, 3.05) is 0 Å². The molecule has 3 nitrogen and oxygen atoms in total. The Labute approximate surface area is 131 Å². The molecule has 0 saturated carbocycles. The average Bonchev–Trinajstić information content (AvgIpc) is 2.50. The fourth-order valence-electron chi connectivity index (χ4n) is 2.16. The monoisotopic (exact) mass is 316 g/mol. The van der Waals surface area contributed by atoms with Gasteiger partial charge in [-0.1, -0.05) is 29.3 Å². The summed E-state index contributed by atoms with van der Waals surface area (Å²) in [6, 6.07) is 10.5. The summed E-state index contributed by atoms with van der Waals surface area (Å²) in [5.74, 6) is -0.0646. The standard InChI is InChI=1S/C16H10Cl2N2O/c17-11-4-5-13(18)10(8-11)9-15(21)12-2-1-3-14-16(12)20-7-6-19-14/h1-8H,9H2. The Morgan fingerprint density at radius 1 is 1.05 bits per heavy atom. The maximum absolute atomic E-state index is 12.5. The number of Topliss-reactive ketones (excluding diaryl/α,β-unsaturated/α-hetero) is 1. The average molecular weight is 317 g/mol. The summed E-state index contributed by atoms with van der Waals surface area (Å²) in [6.45, 7) is 0. The Morgan fingerprint density at radius 3 is 2.71 bits per heavy atom. The number of halogens is 2. The van der Waals surface area contributed by atoms with Gasteiger partial charge in [0.05, 0.1) is 11.0 Å². The zero-order chi connectivity index (χ0) is 14.8. The van der Waals surface area contributed by atoms with Crippen LogP contribution in [0.25, 0.3) is 11.0 Å². The molecule has 1 heterocycles. The van der Waals surface area contributed by atoms with Crippen molar-refractivity contribution < 1.29 is 4.79 Å². The molecule has 0 fully saturated rings. The third-order valence-corrected chi connectivity index (χ3v) is 3.76. The highest BCUT2D eigenvalue weighted by atomic mass is 35.5. The van der Waals surface area contributed by atoms with Crippen molar-refractivity contribution in [3.8, 4) is 0 Å². The van der Waals surface area contributed by atoms with E-state index in [1.165, 1.54) is 0 Å². The number of hydrogen-bond acceptors (Lipinski definition) is 3. The van der Waals surface area contributed by atoms with Gasteiger partial charge in [-0.15, -0.1) is 0 Å². The highest BCUT2D eigenvalue weighted by molar-refractivity contribution is 6.33. The van der Waals surface area contributed by atoms with Crippen molar-refractivity contribution in [2.45, 2.75) is 6.42 Å². The summed E-state index contributed by atoms with van der Waals surface area (Å²) in [4.78, 5) is 21.0. The first-order valence-electron chi connectivity index (χ1n) is 6.32. The van der Waals surface area contributed by atoms with Crippen molar-refractivity contribution in [3.05, 3.63) is 70.0 Å². The highest BCUT2D eigenvalue weighted by Crippen LogP contribution is 2.23. The molecule has 1 aromatic heterocycles. The minimum atomic E-state index is -0.0646. The zero-order valence-electron chi connectivity index (χ0n) is 10.9. The van der Waals surface area contributed by atoms with Crippen molar-refractivity contribution in [1.29, 1.82) is 0 Å². The molecular formula is C16H10Cl2N2O. The van der Waals surface area contributed by atoms with Gasteiger partial charge in [-0.25, -0.2) is 0 Å². The molecule has 0 spiro atoms. The Kier molecular flexibility index (Phi) is 3.86. The molecule has 0 bridgehead atoms. The predicted molar refractivity (Wildman–Crippen MR) is 84.0 cm³/mol. The second-order valence-corrected chi connectivity index (χ2v) is 5.41. The van der Waals surface area contributed by atoms with Crippen LogP contribution in [0.5, 0.6) is 0 Å². The van der Waals surface area contributed by atoms with Crippen LogP contribution < -0.4 is 0 Å². The van der Waals surface area contributed by atoms with Crippen LogP contribution in [0.1, 0.15) is 15.9 Å². The van der Waals surface area contributed by atoms with Crippen LogP contribution in [0.15, 0.2) is 48.8 Å². The number of hydrogen-bond donors (Lipinski definition) is 0. The van der Waals surface area contributed by atoms with E-state index in [1.807, 2.05) is 6.07 Å². The maximum Gasteiger partial charge on any atom is 0.169 e. The number of carbonyl (C=O) groups is 1. The zero-order valence-corrected chi connectivity index (χ0v) is 12.4. The molecule has 0 atom stereocenters. The number of rotatable bonds is 3. The molecule has 0 radical (unpaired) electrons. The van der Waals surface area contributed by atoms with Gasteiger partial charge in [0.25, 0.3) is 0 Å². The Morgan fingerprint density at radius 2 is 1.86 bits per heavy atom. The molecule has 104 valence electrons. The summed E-state index contributed by atoms with van der Waals surface area (Å²) >= 11 is 12.1. The molecule has 0 saturated heterocycles. The molecule has 0 unspecified atom stereocenters. The molecule has 3 aromatic rings. The third kappa shape index (κ3) is 2.89. The fourth-order valence-corrected chi connectivity index (χ4v) is 2.54. The number of benzene rings is 2. The van der Waals surface area contributed by atoms with E-state index in [9.17, 15) is 4.79 Å². The lowest BCUT2D eigenvalue weighted by molar-refractivity contribution is 0.0994. The molecular weight excluding hydrogens is 307 g/mol. The first-order valence-corrected chi connectivity index (χ1v) is 7.07. The van der Waals surface area contributed by atoms with Crippen LogP contribution >= 0.6 is 23.2 Å². The summed E-state index contributed by atoms with van der Waals surface area (Å²) < 4.78 is 0. The summed E-state index contributed by atoms with van der Waals surface area (Å²) in [5.41, 5.74) is 2.54. The van der Waals surface area contributed by atoms with E-state index in [0.717, 1.165) is 0 Å². The van der Waals surface area contributed by atoms with Gasteiger partial charge >= 0.3 is 0 Å². The smallest absolute Gasteiger partial charge is 0.169 e. The van der Waals surface area contributed by atoms with E-state index >= 15 is 0 Å². The second-order valence-electron chi connectivity index (χ2n) is 4.57. The third-order valence-electron chi connectivity index (χ3n) is 3.16. The number of fused-ring (bicyclic) bond motifs is 1. The van der Waals surface area contributed by atoms with Crippen molar-refractivity contribution in [1.82, 2.24) is 9.97 Å². The lowest BCUT2D eigenvalue weighted by Crippen LogP contribution is -2.06. The first kappa shape index (κ1) is 14.0. The Bertz CT molecular complexity index is 828. The molecule has 0 amide bonds. The number of aromatic nitrogens is 2. The number of ketones is 1. The summed E-state index contributed by atoms with van der Waals surface area (Å²) in [5, 5.41) is 1.08. The minimum absolute atomic E-state index is 0.0646. The molecule has 0 N–H and O–H groups in total. The van der Waals surface area contributed by atoms with Crippen LogP contribution in [0.3, 0.4) is 0 Å².